The Balaban J connectivity index is 2.21. The molecule has 2 rings (SSSR count). The van der Waals surface area contributed by atoms with Crippen LogP contribution in [0.4, 0.5) is 5.82 Å². The third-order valence-corrected chi connectivity index (χ3v) is 4.58. The van der Waals surface area contributed by atoms with Crippen LogP contribution in [0.15, 0.2) is 18.3 Å². The molecule has 1 heterocycles. The highest BCUT2D eigenvalue weighted by Gasteiger charge is 2.40. The van der Waals surface area contributed by atoms with Gasteiger partial charge in [0.25, 0.3) is 0 Å². The molecular formula is C16H25N3O. The molecule has 1 fully saturated rings. The molecule has 20 heavy (non-hydrogen) atoms. The predicted octanol–water partition coefficient (Wildman–Crippen LogP) is 2.43. The second-order valence-electron chi connectivity index (χ2n) is 5.99. The third-order valence-electron chi connectivity index (χ3n) is 4.58. The molecule has 0 aromatic carbocycles. The zero-order valence-corrected chi connectivity index (χ0v) is 12.6. The summed E-state index contributed by atoms with van der Waals surface area (Å²) in [6, 6.07) is 3.74. The minimum absolute atomic E-state index is 0.282. The predicted molar refractivity (Wildman–Crippen MR) is 81.5 cm³/mol. The smallest absolute Gasteiger partial charge is 0.157 e. The van der Waals surface area contributed by atoms with E-state index in [9.17, 15) is 4.79 Å². The standard InChI is InChI=1S/C16H25N3O/c1-19(2)16(9-5-3-4-6-10-16)14(20)12-13-8-7-11-18-15(13)17/h7-8,11H,3-6,9-10,12H2,1-2H3,(H2,17,18). The SMILES string of the molecule is CN(C)C1(C(=O)Cc2cccnc2N)CCCCCC1. The maximum atomic E-state index is 12.9. The van der Waals surface area contributed by atoms with Crippen LogP contribution < -0.4 is 5.73 Å². The number of likely N-dealkylation sites (N-methyl/N-ethyl adjacent to an activating group) is 1. The van der Waals surface area contributed by atoms with Crippen molar-refractivity contribution in [3.05, 3.63) is 23.9 Å². The van der Waals surface area contributed by atoms with Crippen molar-refractivity contribution >= 4 is 11.6 Å². The van der Waals surface area contributed by atoms with E-state index in [1.165, 1.54) is 12.8 Å². The lowest BCUT2D eigenvalue weighted by Crippen LogP contribution is -2.51. The second kappa shape index (κ2) is 6.35. The highest BCUT2D eigenvalue weighted by atomic mass is 16.1. The van der Waals surface area contributed by atoms with Gasteiger partial charge >= 0.3 is 0 Å². The Morgan fingerprint density at radius 1 is 1.30 bits per heavy atom. The number of anilines is 1. The molecule has 2 N–H and O–H groups in total. The van der Waals surface area contributed by atoms with Gasteiger partial charge in [-0.2, -0.15) is 0 Å². The van der Waals surface area contributed by atoms with E-state index in [2.05, 4.69) is 9.88 Å². The van der Waals surface area contributed by atoms with Gasteiger partial charge in [-0.15, -0.1) is 0 Å². The van der Waals surface area contributed by atoms with Crippen LogP contribution in [0.25, 0.3) is 0 Å². The first-order valence-corrected chi connectivity index (χ1v) is 7.46. The number of ketones is 1. The molecule has 4 nitrogen and oxygen atoms in total. The van der Waals surface area contributed by atoms with E-state index in [-0.39, 0.29) is 11.3 Å². The number of Topliss-reactive ketones (excluding diaryl/α,β-unsaturated/α-hetero) is 1. The van der Waals surface area contributed by atoms with Crippen LogP contribution >= 0.6 is 0 Å². The zero-order valence-electron chi connectivity index (χ0n) is 12.6. The first kappa shape index (κ1) is 15.0. The molecule has 0 aliphatic heterocycles. The Hall–Kier alpha value is -1.42. The molecule has 1 aliphatic carbocycles. The fourth-order valence-corrected chi connectivity index (χ4v) is 3.23. The summed E-state index contributed by atoms with van der Waals surface area (Å²) < 4.78 is 0. The molecule has 110 valence electrons. The third kappa shape index (κ3) is 3.01. The summed E-state index contributed by atoms with van der Waals surface area (Å²) in [4.78, 5) is 19.1. The molecule has 0 atom stereocenters. The van der Waals surface area contributed by atoms with Crippen molar-refractivity contribution in [1.82, 2.24) is 9.88 Å². The number of hydrogen-bond donors (Lipinski definition) is 1. The van der Waals surface area contributed by atoms with E-state index in [1.807, 2.05) is 26.2 Å². The molecule has 0 bridgehead atoms. The van der Waals surface area contributed by atoms with Crippen molar-refractivity contribution in [3.63, 3.8) is 0 Å². The van der Waals surface area contributed by atoms with E-state index in [0.29, 0.717) is 12.2 Å². The summed E-state index contributed by atoms with van der Waals surface area (Å²) in [5, 5.41) is 0. The van der Waals surface area contributed by atoms with Crippen LogP contribution in [-0.4, -0.2) is 35.3 Å². The van der Waals surface area contributed by atoms with Crippen molar-refractivity contribution in [2.24, 2.45) is 0 Å². The van der Waals surface area contributed by atoms with Gasteiger partial charge in [0, 0.05) is 18.2 Å². The minimum atomic E-state index is -0.321. The molecule has 0 saturated heterocycles. The Kier molecular flexibility index (Phi) is 4.76. The van der Waals surface area contributed by atoms with Crippen molar-refractivity contribution < 1.29 is 4.79 Å². The molecule has 4 heteroatoms. The monoisotopic (exact) mass is 275 g/mol. The highest BCUT2D eigenvalue weighted by Crippen LogP contribution is 2.33. The molecule has 1 aromatic rings. The number of carbonyl (C=O) groups is 1. The van der Waals surface area contributed by atoms with Crippen LogP contribution in [0.3, 0.4) is 0 Å². The van der Waals surface area contributed by atoms with Gasteiger partial charge in [-0.05, 0) is 33.0 Å². The summed E-state index contributed by atoms with van der Waals surface area (Å²) in [5.41, 5.74) is 6.40. The fourth-order valence-electron chi connectivity index (χ4n) is 3.23. The quantitative estimate of drug-likeness (QED) is 0.857. The number of pyridine rings is 1. The van der Waals surface area contributed by atoms with Gasteiger partial charge in [-0.3, -0.25) is 9.69 Å². The summed E-state index contributed by atoms with van der Waals surface area (Å²) in [6.45, 7) is 0. The molecule has 1 aliphatic rings. The number of carbonyl (C=O) groups excluding carboxylic acids is 1. The number of aromatic nitrogens is 1. The number of nitrogens with zero attached hydrogens (tertiary/aromatic N) is 2. The second-order valence-corrected chi connectivity index (χ2v) is 5.99. The molecule has 0 amide bonds. The van der Waals surface area contributed by atoms with Gasteiger partial charge in [-0.25, -0.2) is 4.98 Å². The lowest BCUT2D eigenvalue weighted by atomic mass is 9.82. The van der Waals surface area contributed by atoms with Crippen molar-refractivity contribution in [1.29, 1.82) is 0 Å². The summed E-state index contributed by atoms with van der Waals surface area (Å²) in [6.07, 6.45) is 8.70. The van der Waals surface area contributed by atoms with Crippen molar-refractivity contribution in [3.8, 4) is 0 Å². The normalized spacial score (nSPS) is 18.8. The number of nitrogen functional groups attached to an aromatic ring is 1. The van der Waals surface area contributed by atoms with E-state index < -0.39 is 0 Å². The van der Waals surface area contributed by atoms with Crippen molar-refractivity contribution in [2.75, 3.05) is 19.8 Å². The molecule has 1 aromatic heterocycles. The molecule has 0 radical (unpaired) electrons. The summed E-state index contributed by atoms with van der Waals surface area (Å²) in [5.74, 6) is 0.757. The van der Waals surface area contributed by atoms with Crippen LogP contribution in [0.2, 0.25) is 0 Å². The maximum absolute atomic E-state index is 12.9. The van der Waals surface area contributed by atoms with E-state index in [1.54, 1.807) is 6.20 Å². The Morgan fingerprint density at radius 2 is 1.95 bits per heavy atom. The lowest BCUT2D eigenvalue weighted by molar-refractivity contribution is -0.130. The van der Waals surface area contributed by atoms with E-state index >= 15 is 0 Å². The van der Waals surface area contributed by atoms with E-state index in [0.717, 1.165) is 31.2 Å². The average Bonchev–Trinajstić information content (AvgIpc) is 2.68. The van der Waals surface area contributed by atoms with Gasteiger partial charge < -0.3 is 5.73 Å². The number of nitrogens with two attached hydrogens (primary N) is 1. The number of rotatable bonds is 4. The Labute approximate surface area is 121 Å². The topological polar surface area (TPSA) is 59.2 Å². The van der Waals surface area contributed by atoms with Crippen LogP contribution in [0.5, 0.6) is 0 Å². The van der Waals surface area contributed by atoms with E-state index in [4.69, 9.17) is 5.73 Å². The minimum Gasteiger partial charge on any atom is -0.383 e. The Bertz CT molecular complexity index is 463. The maximum Gasteiger partial charge on any atom is 0.157 e. The van der Waals surface area contributed by atoms with Gasteiger partial charge in [0.1, 0.15) is 5.82 Å². The van der Waals surface area contributed by atoms with Gasteiger partial charge in [-0.1, -0.05) is 31.7 Å². The van der Waals surface area contributed by atoms with Crippen LogP contribution in [0, 0.1) is 0 Å². The fraction of sp³-hybridized carbons (Fsp3) is 0.625. The molecular weight excluding hydrogens is 250 g/mol. The summed E-state index contributed by atoms with van der Waals surface area (Å²) in [7, 11) is 4.05. The van der Waals surface area contributed by atoms with Crippen LogP contribution in [0.1, 0.15) is 44.1 Å². The van der Waals surface area contributed by atoms with Crippen LogP contribution in [-0.2, 0) is 11.2 Å². The molecule has 0 spiro atoms. The average molecular weight is 275 g/mol. The molecule has 0 unspecified atom stereocenters. The largest absolute Gasteiger partial charge is 0.383 e. The van der Waals surface area contributed by atoms with Gasteiger partial charge in [0.15, 0.2) is 5.78 Å². The van der Waals surface area contributed by atoms with Gasteiger partial charge in [0.05, 0.1) is 5.54 Å². The zero-order chi connectivity index (χ0) is 14.6. The van der Waals surface area contributed by atoms with Gasteiger partial charge in [0.2, 0.25) is 0 Å². The molecule has 1 saturated carbocycles. The first-order chi connectivity index (χ1) is 9.56. The Morgan fingerprint density at radius 3 is 2.50 bits per heavy atom. The summed E-state index contributed by atoms with van der Waals surface area (Å²) >= 11 is 0. The highest BCUT2D eigenvalue weighted by molar-refractivity contribution is 5.90. The first-order valence-electron chi connectivity index (χ1n) is 7.46. The lowest BCUT2D eigenvalue weighted by Gasteiger charge is -2.38. The number of hydrogen-bond acceptors (Lipinski definition) is 4. The van der Waals surface area contributed by atoms with Crippen molar-refractivity contribution in [2.45, 2.75) is 50.5 Å².